The Labute approximate surface area is 233 Å². The van der Waals surface area contributed by atoms with Gasteiger partial charge in [-0.1, -0.05) is 66.4 Å². The van der Waals surface area contributed by atoms with E-state index >= 15 is 0 Å². The van der Waals surface area contributed by atoms with Gasteiger partial charge in [0, 0.05) is 29.1 Å². The molecule has 0 saturated heterocycles. The maximum Gasteiger partial charge on any atom is 0.143 e. The summed E-state index contributed by atoms with van der Waals surface area (Å²) < 4.78 is 0. The molecule has 5 aromatic carbocycles. The fourth-order valence-electron chi connectivity index (χ4n) is 4.91. The van der Waals surface area contributed by atoms with Gasteiger partial charge >= 0.3 is 0 Å². The van der Waals surface area contributed by atoms with Crippen molar-refractivity contribution in [2.45, 2.75) is 12.8 Å². The van der Waals surface area contributed by atoms with Gasteiger partial charge in [0.15, 0.2) is 0 Å². The number of rotatable bonds is 6. The molecule has 40 heavy (non-hydrogen) atoms. The van der Waals surface area contributed by atoms with Crippen LogP contribution >= 0.6 is 0 Å². The number of benzene rings is 5. The molecule has 1 aliphatic carbocycles. The summed E-state index contributed by atoms with van der Waals surface area (Å²) in [6.07, 6.45) is 1.32. The van der Waals surface area contributed by atoms with Crippen molar-refractivity contribution >= 4 is 22.6 Å². The number of aliphatic hydroxyl groups excluding tert-OH is 1. The molecule has 194 valence electrons. The number of nitrogens with zero attached hydrogens (tertiary/aromatic N) is 1. The highest BCUT2D eigenvalue weighted by Crippen LogP contribution is 2.38. The van der Waals surface area contributed by atoms with Gasteiger partial charge in [0.1, 0.15) is 17.3 Å². The van der Waals surface area contributed by atoms with Gasteiger partial charge in [-0.2, -0.15) is 0 Å². The lowest BCUT2D eigenvalue weighted by atomic mass is 9.99. The molecular formula is C36H27NO3. The number of aromatic hydroxyl groups is 2. The largest absolute Gasteiger partial charge is 0.508 e. The van der Waals surface area contributed by atoms with Crippen molar-refractivity contribution in [3.05, 3.63) is 144 Å². The highest BCUT2D eigenvalue weighted by Gasteiger charge is 2.14. The Bertz CT molecular complexity index is 1650. The Morgan fingerprint density at radius 3 is 1.10 bits per heavy atom. The first kappa shape index (κ1) is 24.9. The van der Waals surface area contributed by atoms with E-state index in [1.165, 1.54) is 0 Å². The molecule has 0 amide bonds. The van der Waals surface area contributed by atoms with Gasteiger partial charge < -0.3 is 20.2 Å². The van der Waals surface area contributed by atoms with Crippen LogP contribution in [0.25, 0.3) is 27.8 Å². The predicted octanol–water partition coefficient (Wildman–Crippen LogP) is 9.27. The van der Waals surface area contributed by atoms with Crippen LogP contribution in [0.2, 0.25) is 0 Å². The molecule has 0 fully saturated rings. The number of aliphatic hydroxyl groups is 1. The SMILES string of the molecule is OC1=C=C=C(c2ccc(N(c3ccc(-c4ccc(O)cc4)cc3)c3ccc(-c4ccc(O)cc4)cc3)cc2)CC1. The van der Waals surface area contributed by atoms with E-state index in [0.29, 0.717) is 6.42 Å². The fourth-order valence-corrected chi connectivity index (χ4v) is 4.91. The zero-order chi connectivity index (χ0) is 27.5. The minimum atomic E-state index is 0.248. The van der Waals surface area contributed by atoms with Gasteiger partial charge in [-0.15, -0.1) is 0 Å². The minimum Gasteiger partial charge on any atom is -0.508 e. The third kappa shape index (κ3) is 5.27. The maximum absolute atomic E-state index is 9.65. The van der Waals surface area contributed by atoms with E-state index in [1.807, 2.05) is 24.3 Å². The average molecular weight is 522 g/mol. The Hall–Kier alpha value is -5.40. The monoisotopic (exact) mass is 521 g/mol. The van der Waals surface area contributed by atoms with E-state index < -0.39 is 0 Å². The van der Waals surface area contributed by atoms with Gasteiger partial charge in [-0.25, -0.2) is 0 Å². The molecule has 0 atom stereocenters. The normalized spacial score (nSPS) is 12.5. The quantitative estimate of drug-likeness (QED) is 0.195. The standard InChI is InChI=1S/C36H27NO3/c38-34-19-7-28(8-20-34)25-1-13-31(14-2-25)37(32-15-3-26(4-16-32)29-9-21-35(39)22-10-29)33-17-5-27(6-18-33)30-11-23-36(40)24-12-30/h1-10,13-22,38-40H,11,23H2. The Morgan fingerprint density at radius 2 is 0.750 bits per heavy atom. The van der Waals surface area contributed by atoms with Crippen LogP contribution in [-0.4, -0.2) is 15.3 Å². The topological polar surface area (TPSA) is 63.9 Å². The molecule has 0 aromatic heterocycles. The van der Waals surface area contributed by atoms with Crippen molar-refractivity contribution in [3.8, 4) is 33.8 Å². The third-order valence-electron chi connectivity index (χ3n) is 7.10. The summed E-state index contributed by atoms with van der Waals surface area (Å²) in [6, 6.07) is 39.5. The van der Waals surface area contributed by atoms with E-state index in [4.69, 9.17) is 0 Å². The van der Waals surface area contributed by atoms with Crippen molar-refractivity contribution in [2.24, 2.45) is 0 Å². The second-order valence-corrected chi connectivity index (χ2v) is 9.75. The van der Waals surface area contributed by atoms with E-state index in [1.54, 1.807) is 24.3 Å². The van der Waals surface area contributed by atoms with Gasteiger partial charge in [0.05, 0.1) is 0 Å². The number of phenols is 2. The number of hydrogen-bond donors (Lipinski definition) is 3. The molecule has 0 saturated carbocycles. The highest BCUT2D eigenvalue weighted by molar-refractivity contribution is 5.81. The second-order valence-electron chi connectivity index (χ2n) is 9.75. The molecule has 4 nitrogen and oxygen atoms in total. The van der Waals surface area contributed by atoms with Crippen molar-refractivity contribution in [1.29, 1.82) is 0 Å². The maximum atomic E-state index is 9.65. The zero-order valence-corrected chi connectivity index (χ0v) is 21.8. The van der Waals surface area contributed by atoms with E-state index in [9.17, 15) is 15.3 Å². The molecule has 0 spiro atoms. The molecule has 5 aromatic rings. The molecule has 6 rings (SSSR count). The first-order chi connectivity index (χ1) is 19.5. The van der Waals surface area contributed by atoms with Crippen LogP contribution in [0, 0.1) is 0 Å². The van der Waals surface area contributed by atoms with E-state index in [0.717, 1.165) is 56.9 Å². The van der Waals surface area contributed by atoms with Crippen LogP contribution in [0.5, 0.6) is 11.5 Å². The van der Waals surface area contributed by atoms with Crippen LogP contribution < -0.4 is 4.90 Å². The van der Waals surface area contributed by atoms with Crippen LogP contribution in [0.15, 0.2) is 139 Å². The summed E-state index contributed by atoms with van der Waals surface area (Å²) >= 11 is 0. The first-order valence-corrected chi connectivity index (χ1v) is 13.2. The van der Waals surface area contributed by atoms with Crippen LogP contribution in [-0.2, 0) is 0 Å². The van der Waals surface area contributed by atoms with Gasteiger partial charge in [-0.05, 0) is 101 Å². The van der Waals surface area contributed by atoms with Crippen molar-refractivity contribution < 1.29 is 15.3 Å². The van der Waals surface area contributed by atoms with E-state index in [-0.39, 0.29) is 17.3 Å². The molecule has 0 aliphatic heterocycles. The van der Waals surface area contributed by atoms with Gasteiger partial charge in [0.25, 0.3) is 0 Å². The lowest BCUT2D eigenvalue weighted by Gasteiger charge is -2.26. The molecular weight excluding hydrogens is 494 g/mol. The lowest BCUT2D eigenvalue weighted by Crippen LogP contribution is -2.10. The second kappa shape index (κ2) is 10.8. The predicted molar refractivity (Wildman–Crippen MR) is 161 cm³/mol. The molecule has 1 aliphatic rings. The number of anilines is 3. The Kier molecular flexibility index (Phi) is 6.70. The highest BCUT2D eigenvalue weighted by atomic mass is 16.3. The number of hydrogen-bond acceptors (Lipinski definition) is 4. The van der Waals surface area contributed by atoms with Crippen molar-refractivity contribution in [1.82, 2.24) is 0 Å². The smallest absolute Gasteiger partial charge is 0.143 e. The zero-order valence-electron chi connectivity index (χ0n) is 21.8. The van der Waals surface area contributed by atoms with Crippen LogP contribution in [0.4, 0.5) is 17.1 Å². The summed E-state index contributed by atoms with van der Waals surface area (Å²) in [4.78, 5) is 2.21. The summed E-state index contributed by atoms with van der Waals surface area (Å²) in [5.74, 6) is 0.745. The van der Waals surface area contributed by atoms with Crippen molar-refractivity contribution in [3.63, 3.8) is 0 Å². The Balaban J connectivity index is 1.37. The minimum absolute atomic E-state index is 0.248. The number of allylic oxidation sites excluding steroid dienone is 2. The molecule has 4 heteroatoms. The molecule has 3 N–H and O–H groups in total. The molecule has 0 radical (unpaired) electrons. The third-order valence-corrected chi connectivity index (χ3v) is 7.10. The summed E-state index contributed by atoms with van der Waals surface area (Å²) in [6.45, 7) is 0. The summed E-state index contributed by atoms with van der Waals surface area (Å²) in [7, 11) is 0. The van der Waals surface area contributed by atoms with Crippen molar-refractivity contribution in [2.75, 3.05) is 4.90 Å². The number of phenolic OH excluding ortho intramolecular Hbond substituents is 2. The first-order valence-electron chi connectivity index (χ1n) is 13.2. The van der Waals surface area contributed by atoms with Gasteiger partial charge in [0.2, 0.25) is 0 Å². The molecule has 0 heterocycles. The van der Waals surface area contributed by atoms with Crippen LogP contribution in [0.3, 0.4) is 0 Å². The summed E-state index contributed by atoms with van der Waals surface area (Å²) in [5, 5.41) is 29.0. The van der Waals surface area contributed by atoms with E-state index in [2.05, 4.69) is 89.2 Å². The Morgan fingerprint density at radius 1 is 0.400 bits per heavy atom. The lowest BCUT2D eigenvalue weighted by molar-refractivity contribution is 0.391. The average Bonchev–Trinajstić information content (AvgIpc) is 3.00. The summed E-state index contributed by atoms with van der Waals surface area (Å²) in [5.41, 5.74) is 15.2. The van der Waals surface area contributed by atoms with Crippen LogP contribution in [0.1, 0.15) is 18.4 Å². The van der Waals surface area contributed by atoms with Gasteiger partial charge in [-0.3, -0.25) is 0 Å². The molecule has 0 bridgehead atoms. The fraction of sp³-hybridized carbons (Fsp3) is 0.0556. The molecule has 0 unspecified atom stereocenters.